The Morgan fingerprint density at radius 1 is 1.30 bits per heavy atom. The molecule has 2 atom stereocenters. The third-order valence-corrected chi connectivity index (χ3v) is 4.49. The smallest absolute Gasteiger partial charge is 0.191 e. The maximum absolute atomic E-state index is 8.91. The van der Waals surface area contributed by atoms with Crippen molar-refractivity contribution in [3.8, 4) is 0 Å². The number of hydrogen-bond donors (Lipinski definition) is 3. The zero-order chi connectivity index (χ0) is 15.0. The fraction of sp³-hybridized carbons (Fsp3) is 0.933. The van der Waals surface area contributed by atoms with Gasteiger partial charge < -0.3 is 20.5 Å². The summed E-state index contributed by atoms with van der Waals surface area (Å²) in [4.78, 5) is 4.36. The van der Waals surface area contributed by atoms with Crippen LogP contribution in [0.3, 0.4) is 0 Å². The van der Waals surface area contributed by atoms with Crippen molar-refractivity contribution in [1.29, 1.82) is 0 Å². The van der Waals surface area contributed by atoms with E-state index in [0.29, 0.717) is 18.7 Å². The van der Waals surface area contributed by atoms with Crippen LogP contribution in [-0.2, 0) is 4.74 Å². The third-order valence-electron chi connectivity index (χ3n) is 4.49. The Balaban J connectivity index is 2.70. The van der Waals surface area contributed by atoms with Gasteiger partial charge in [0.1, 0.15) is 0 Å². The fourth-order valence-electron chi connectivity index (χ4n) is 3.23. The molecule has 1 fully saturated rings. The Labute approximate surface area is 123 Å². The van der Waals surface area contributed by atoms with Gasteiger partial charge in [-0.05, 0) is 33.1 Å². The fourth-order valence-corrected chi connectivity index (χ4v) is 3.23. The molecule has 0 amide bonds. The molecule has 0 aromatic rings. The normalized spacial score (nSPS) is 25.1. The summed E-state index contributed by atoms with van der Waals surface area (Å²) in [6.45, 7) is 10.7. The molecule has 1 saturated carbocycles. The van der Waals surface area contributed by atoms with Crippen LogP contribution in [0.4, 0.5) is 0 Å². The van der Waals surface area contributed by atoms with Crippen LogP contribution in [0.25, 0.3) is 0 Å². The number of hydrogen-bond acceptors (Lipinski definition) is 3. The van der Waals surface area contributed by atoms with E-state index in [1.165, 1.54) is 0 Å². The van der Waals surface area contributed by atoms with Gasteiger partial charge in [-0.15, -0.1) is 0 Å². The molecule has 20 heavy (non-hydrogen) atoms. The highest BCUT2D eigenvalue weighted by molar-refractivity contribution is 5.80. The van der Waals surface area contributed by atoms with Crippen molar-refractivity contribution in [2.75, 3.05) is 26.3 Å². The highest BCUT2D eigenvalue weighted by Gasteiger charge is 2.53. The first-order chi connectivity index (χ1) is 9.68. The molecule has 3 N–H and O–H groups in total. The second kappa shape index (κ2) is 8.47. The molecule has 0 spiro atoms. The highest BCUT2D eigenvalue weighted by atomic mass is 16.5. The molecule has 0 aliphatic heterocycles. The van der Waals surface area contributed by atoms with E-state index in [4.69, 9.17) is 9.84 Å². The number of aliphatic hydroxyl groups excluding tert-OH is 1. The SMILES string of the molecule is CCNC(=NCCO)NC1CC(OCC)C1(CC)CC. The minimum atomic E-state index is 0.0789. The molecular formula is C15H31N3O2. The molecule has 5 heteroatoms. The average molecular weight is 285 g/mol. The van der Waals surface area contributed by atoms with Crippen molar-refractivity contribution in [3.63, 3.8) is 0 Å². The van der Waals surface area contributed by atoms with Gasteiger partial charge in [0, 0.05) is 24.6 Å². The zero-order valence-electron chi connectivity index (χ0n) is 13.4. The Bertz CT molecular complexity index is 303. The molecule has 1 rings (SSSR count). The highest BCUT2D eigenvalue weighted by Crippen LogP contribution is 2.48. The number of guanidine groups is 1. The van der Waals surface area contributed by atoms with Gasteiger partial charge >= 0.3 is 0 Å². The van der Waals surface area contributed by atoms with Gasteiger partial charge in [-0.2, -0.15) is 0 Å². The van der Waals surface area contributed by atoms with Crippen molar-refractivity contribution >= 4 is 5.96 Å². The summed E-state index contributed by atoms with van der Waals surface area (Å²) < 4.78 is 5.89. The molecule has 0 heterocycles. The van der Waals surface area contributed by atoms with Gasteiger partial charge in [-0.25, -0.2) is 0 Å². The molecule has 5 nitrogen and oxygen atoms in total. The topological polar surface area (TPSA) is 65.9 Å². The number of aliphatic imine (C=N–C) groups is 1. The molecule has 1 aliphatic carbocycles. The predicted molar refractivity (Wildman–Crippen MR) is 83.0 cm³/mol. The lowest BCUT2D eigenvalue weighted by Crippen LogP contribution is -2.65. The van der Waals surface area contributed by atoms with E-state index in [1.807, 2.05) is 6.92 Å². The summed E-state index contributed by atoms with van der Waals surface area (Å²) in [5.74, 6) is 0.799. The number of nitrogens with zero attached hydrogens (tertiary/aromatic N) is 1. The number of aliphatic hydroxyl groups is 1. The first kappa shape index (κ1) is 17.2. The van der Waals surface area contributed by atoms with Crippen molar-refractivity contribution in [3.05, 3.63) is 0 Å². The zero-order valence-corrected chi connectivity index (χ0v) is 13.4. The molecular weight excluding hydrogens is 254 g/mol. The van der Waals surface area contributed by atoms with Crippen molar-refractivity contribution < 1.29 is 9.84 Å². The van der Waals surface area contributed by atoms with Crippen LogP contribution < -0.4 is 10.6 Å². The van der Waals surface area contributed by atoms with Gasteiger partial charge in [0.2, 0.25) is 0 Å². The molecule has 0 aromatic heterocycles. The van der Waals surface area contributed by atoms with E-state index in [2.05, 4.69) is 36.4 Å². The van der Waals surface area contributed by atoms with Crippen LogP contribution >= 0.6 is 0 Å². The van der Waals surface area contributed by atoms with Gasteiger partial charge in [-0.3, -0.25) is 4.99 Å². The van der Waals surface area contributed by atoms with E-state index in [0.717, 1.165) is 38.4 Å². The summed E-state index contributed by atoms with van der Waals surface area (Å²) in [6.07, 6.45) is 3.58. The maximum atomic E-state index is 8.91. The van der Waals surface area contributed by atoms with Gasteiger partial charge in [0.15, 0.2) is 5.96 Å². The van der Waals surface area contributed by atoms with Crippen LogP contribution in [0, 0.1) is 5.41 Å². The minimum absolute atomic E-state index is 0.0789. The molecule has 0 bridgehead atoms. The lowest BCUT2D eigenvalue weighted by molar-refractivity contribution is -0.133. The molecule has 0 aromatic carbocycles. The third kappa shape index (κ3) is 3.64. The lowest BCUT2D eigenvalue weighted by Gasteiger charge is -2.55. The Kier molecular flexibility index (Phi) is 7.30. The monoisotopic (exact) mass is 285 g/mol. The van der Waals surface area contributed by atoms with Crippen molar-refractivity contribution in [2.24, 2.45) is 10.4 Å². The summed E-state index contributed by atoms with van der Waals surface area (Å²) in [7, 11) is 0. The molecule has 2 unspecified atom stereocenters. The standard InChI is InChI=1S/C15H31N3O2/c1-5-15(6-2)12(11-13(15)20-8-4)18-14(16-7-3)17-9-10-19/h12-13,19H,5-11H2,1-4H3,(H2,16,17,18). The summed E-state index contributed by atoms with van der Waals surface area (Å²) in [5.41, 5.74) is 0.200. The Hall–Kier alpha value is -0.810. The van der Waals surface area contributed by atoms with Gasteiger partial charge in [0.05, 0.1) is 19.3 Å². The van der Waals surface area contributed by atoms with Crippen LogP contribution in [0.15, 0.2) is 4.99 Å². The van der Waals surface area contributed by atoms with E-state index in [1.54, 1.807) is 0 Å². The van der Waals surface area contributed by atoms with Gasteiger partial charge in [0.25, 0.3) is 0 Å². The Morgan fingerprint density at radius 2 is 2.00 bits per heavy atom. The average Bonchev–Trinajstić information content (AvgIpc) is 2.45. The van der Waals surface area contributed by atoms with Crippen molar-refractivity contribution in [1.82, 2.24) is 10.6 Å². The van der Waals surface area contributed by atoms with E-state index < -0.39 is 0 Å². The summed E-state index contributed by atoms with van der Waals surface area (Å²) in [6, 6.07) is 0.394. The maximum Gasteiger partial charge on any atom is 0.191 e. The number of nitrogens with one attached hydrogen (secondary N) is 2. The van der Waals surface area contributed by atoms with Crippen LogP contribution in [0.1, 0.15) is 47.0 Å². The molecule has 0 radical (unpaired) electrons. The van der Waals surface area contributed by atoms with E-state index in [9.17, 15) is 0 Å². The second-order valence-electron chi connectivity index (χ2n) is 5.30. The predicted octanol–water partition coefficient (Wildman–Crippen LogP) is 1.52. The summed E-state index contributed by atoms with van der Waals surface area (Å²) >= 11 is 0. The minimum Gasteiger partial charge on any atom is -0.394 e. The van der Waals surface area contributed by atoms with Crippen LogP contribution in [0.5, 0.6) is 0 Å². The quantitative estimate of drug-likeness (QED) is 0.467. The molecule has 118 valence electrons. The van der Waals surface area contributed by atoms with E-state index in [-0.39, 0.29) is 12.0 Å². The largest absolute Gasteiger partial charge is 0.394 e. The summed E-state index contributed by atoms with van der Waals surface area (Å²) in [5, 5.41) is 15.7. The lowest BCUT2D eigenvalue weighted by atomic mass is 9.58. The van der Waals surface area contributed by atoms with Crippen LogP contribution in [0.2, 0.25) is 0 Å². The first-order valence-electron chi connectivity index (χ1n) is 7.95. The molecule has 1 aliphatic rings. The second-order valence-corrected chi connectivity index (χ2v) is 5.30. The Morgan fingerprint density at radius 3 is 2.50 bits per heavy atom. The number of ether oxygens (including phenoxy) is 1. The first-order valence-corrected chi connectivity index (χ1v) is 7.95. The number of rotatable bonds is 8. The van der Waals surface area contributed by atoms with Gasteiger partial charge in [-0.1, -0.05) is 13.8 Å². The molecule has 0 saturated heterocycles. The van der Waals surface area contributed by atoms with Crippen LogP contribution in [-0.4, -0.2) is 49.5 Å². The van der Waals surface area contributed by atoms with Crippen molar-refractivity contribution in [2.45, 2.75) is 59.1 Å². The van der Waals surface area contributed by atoms with E-state index >= 15 is 0 Å².